The van der Waals surface area contributed by atoms with Crippen molar-refractivity contribution in [2.24, 2.45) is 0 Å². The van der Waals surface area contributed by atoms with Crippen LogP contribution in [0.5, 0.6) is 0 Å². The average Bonchev–Trinajstić information content (AvgIpc) is 2.48. The molecule has 2 rings (SSSR count). The molecule has 1 aromatic heterocycles. The molecule has 0 aliphatic heterocycles. The minimum atomic E-state index is -0.213. The van der Waals surface area contributed by atoms with Crippen molar-refractivity contribution in [2.45, 2.75) is 17.9 Å². The minimum absolute atomic E-state index is 0.0363. The number of pyridine rings is 1. The Balaban J connectivity index is 2.16. The van der Waals surface area contributed by atoms with Crippen LogP contribution in [0.3, 0.4) is 0 Å². The van der Waals surface area contributed by atoms with Gasteiger partial charge in [0.25, 0.3) is 0 Å². The van der Waals surface area contributed by atoms with E-state index in [2.05, 4.69) is 10.3 Å². The molecule has 21 heavy (non-hydrogen) atoms. The van der Waals surface area contributed by atoms with E-state index in [1.807, 2.05) is 13.0 Å². The van der Waals surface area contributed by atoms with E-state index in [0.29, 0.717) is 21.5 Å². The molecule has 0 aliphatic rings. The van der Waals surface area contributed by atoms with Crippen molar-refractivity contribution >= 4 is 29.2 Å². The maximum atomic E-state index is 13.7. The first-order valence-corrected chi connectivity index (χ1v) is 7.99. The third-order valence-electron chi connectivity index (χ3n) is 2.98. The van der Waals surface area contributed by atoms with Gasteiger partial charge in [-0.1, -0.05) is 30.7 Å². The second kappa shape index (κ2) is 7.64. The molecular formula is C15H17ClFN3S. The molecule has 0 amide bonds. The second-order valence-corrected chi connectivity index (χ2v) is 5.98. The monoisotopic (exact) mass is 325 g/mol. The van der Waals surface area contributed by atoms with Crippen LogP contribution in [0.1, 0.15) is 18.5 Å². The Morgan fingerprint density at radius 2 is 2.19 bits per heavy atom. The molecule has 6 heteroatoms. The summed E-state index contributed by atoms with van der Waals surface area (Å²) in [6.07, 6.45) is 1.52. The molecule has 0 fully saturated rings. The standard InChI is InChI=1S/C15H17ClFN3S/c1-2-19-13(11-7-10(16)8-20-15(11)18)9-21-14-6-4-3-5-12(14)17/h3-8,13,19H,2,9H2,1H3,(H2,18,20). The third-order valence-corrected chi connectivity index (χ3v) is 4.33. The number of anilines is 1. The lowest BCUT2D eigenvalue weighted by molar-refractivity contribution is 0.595. The summed E-state index contributed by atoms with van der Waals surface area (Å²) in [6.45, 7) is 2.78. The molecule has 1 heterocycles. The van der Waals surface area contributed by atoms with Crippen molar-refractivity contribution in [1.29, 1.82) is 0 Å². The first-order chi connectivity index (χ1) is 10.1. The number of aromatic nitrogens is 1. The molecule has 1 unspecified atom stereocenters. The quantitative estimate of drug-likeness (QED) is 0.791. The van der Waals surface area contributed by atoms with Crippen LogP contribution in [0.15, 0.2) is 41.4 Å². The van der Waals surface area contributed by atoms with Crippen LogP contribution in [0, 0.1) is 5.82 Å². The Kier molecular flexibility index (Phi) is 5.85. The maximum Gasteiger partial charge on any atom is 0.136 e. The number of thioether (sulfide) groups is 1. The number of halogens is 2. The summed E-state index contributed by atoms with van der Waals surface area (Å²) in [5.41, 5.74) is 6.77. The summed E-state index contributed by atoms with van der Waals surface area (Å²) >= 11 is 7.43. The topological polar surface area (TPSA) is 50.9 Å². The predicted molar refractivity (Wildman–Crippen MR) is 87.2 cm³/mol. The van der Waals surface area contributed by atoms with Gasteiger partial charge in [0.1, 0.15) is 11.6 Å². The summed E-state index contributed by atoms with van der Waals surface area (Å²) < 4.78 is 13.7. The van der Waals surface area contributed by atoms with Gasteiger partial charge in [0.05, 0.1) is 5.02 Å². The lowest BCUT2D eigenvalue weighted by Crippen LogP contribution is -2.24. The molecule has 0 spiro atoms. The lowest BCUT2D eigenvalue weighted by atomic mass is 10.1. The van der Waals surface area contributed by atoms with Gasteiger partial charge in [-0.15, -0.1) is 11.8 Å². The van der Waals surface area contributed by atoms with Gasteiger partial charge in [-0.25, -0.2) is 9.37 Å². The van der Waals surface area contributed by atoms with E-state index in [9.17, 15) is 4.39 Å². The number of nitrogen functional groups attached to an aromatic ring is 1. The minimum Gasteiger partial charge on any atom is -0.383 e. The van der Waals surface area contributed by atoms with Gasteiger partial charge < -0.3 is 11.1 Å². The Morgan fingerprint density at radius 3 is 2.90 bits per heavy atom. The van der Waals surface area contributed by atoms with E-state index in [1.54, 1.807) is 18.2 Å². The smallest absolute Gasteiger partial charge is 0.136 e. The summed E-state index contributed by atoms with van der Waals surface area (Å²) in [5.74, 6) is 0.871. The molecule has 0 bridgehead atoms. The predicted octanol–water partition coefficient (Wildman–Crippen LogP) is 3.90. The number of nitrogens with one attached hydrogen (secondary N) is 1. The molecule has 0 saturated heterocycles. The van der Waals surface area contributed by atoms with Gasteiger partial charge in [-0.3, -0.25) is 0 Å². The molecule has 3 nitrogen and oxygen atoms in total. The molecule has 112 valence electrons. The highest BCUT2D eigenvalue weighted by molar-refractivity contribution is 7.99. The van der Waals surface area contributed by atoms with Crippen LogP contribution < -0.4 is 11.1 Å². The van der Waals surface area contributed by atoms with Crippen molar-refractivity contribution in [1.82, 2.24) is 10.3 Å². The van der Waals surface area contributed by atoms with Crippen LogP contribution in [-0.2, 0) is 0 Å². The molecule has 1 atom stereocenters. The molecule has 0 aliphatic carbocycles. The van der Waals surface area contributed by atoms with Crippen molar-refractivity contribution in [3.8, 4) is 0 Å². The first kappa shape index (κ1) is 16.1. The normalized spacial score (nSPS) is 12.3. The lowest BCUT2D eigenvalue weighted by Gasteiger charge is -2.19. The van der Waals surface area contributed by atoms with E-state index >= 15 is 0 Å². The maximum absolute atomic E-state index is 13.7. The van der Waals surface area contributed by atoms with Crippen molar-refractivity contribution in [3.05, 3.63) is 52.9 Å². The summed E-state index contributed by atoms with van der Waals surface area (Å²) in [6, 6.07) is 8.50. The van der Waals surface area contributed by atoms with Gasteiger partial charge in [-0.2, -0.15) is 0 Å². The van der Waals surface area contributed by atoms with E-state index < -0.39 is 0 Å². The number of nitrogens with zero attached hydrogens (tertiary/aromatic N) is 1. The summed E-state index contributed by atoms with van der Waals surface area (Å²) in [7, 11) is 0. The van der Waals surface area contributed by atoms with Gasteiger partial charge in [0.2, 0.25) is 0 Å². The van der Waals surface area contributed by atoms with Crippen LogP contribution >= 0.6 is 23.4 Å². The van der Waals surface area contributed by atoms with Gasteiger partial charge >= 0.3 is 0 Å². The third kappa shape index (κ3) is 4.33. The highest BCUT2D eigenvalue weighted by Crippen LogP contribution is 2.29. The Bertz CT molecular complexity index is 609. The van der Waals surface area contributed by atoms with E-state index in [1.165, 1.54) is 24.0 Å². The number of hydrogen-bond donors (Lipinski definition) is 2. The van der Waals surface area contributed by atoms with Gasteiger partial charge in [0, 0.05) is 28.5 Å². The van der Waals surface area contributed by atoms with Crippen LogP contribution in [0.2, 0.25) is 5.02 Å². The van der Waals surface area contributed by atoms with Crippen molar-refractivity contribution in [3.63, 3.8) is 0 Å². The highest BCUT2D eigenvalue weighted by Gasteiger charge is 2.16. The fraction of sp³-hybridized carbons (Fsp3) is 0.267. The zero-order chi connectivity index (χ0) is 15.2. The van der Waals surface area contributed by atoms with E-state index in [4.69, 9.17) is 17.3 Å². The molecular weight excluding hydrogens is 309 g/mol. The Morgan fingerprint density at radius 1 is 1.43 bits per heavy atom. The molecule has 3 N–H and O–H groups in total. The SMILES string of the molecule is CCNC(CSc1ccccc1F)c1cc(Cl)cnc1N. The summed E-state index contributed by atoms with van der Waals surface area (Å²) in [4.78, 5) is 4.70. The average molecular weight is 326 g/mol. The molecule has 2 aromatic rings. The van der Waals surface area contributed by atoms with Gasteiger partial charge in [-0.05, 0) is 24.7 Å². The van der Waals surface area contributed by atoms with Crippen molar-refractivity contribution in [2.75, 3.05) is 18.0 Å². The zero-order valence-electron chi connectivity index (χ0n) is 11.6. The number of benzene rings is 1. The molecule has 0 radical (unpaired) electrons. The number of hydrogen-bond acceptors (Lipinski definition) is 4. The van der Waals surface area contributed by atoms with Crippen molar-refractivity contribution < 1.29 is 4.39 Å². The summed E-state index contributed by atoms with van der Waals surface area (Å²) in [5, 5.41) is 3.87. The first-order valence-electron chi connectivity index (χ1n) is 6.63. The largest absolute Gasteiger partial charge is 0.383 e. The van der Waals surface area contributed by atoms with E-state index in [0.717, 1.165) is 12.1 Å². The van der Waals surface area contributed by atoms with Crippen LogP contribution in [0.25, 0.3) is 0 Å². The Hall–Kier alpha value is -1.30. The number of nitrogens with two attached hydrogens (primary N) is 1. The Labute approximate surface area is 133 Å². The van der Waals surface area contributed by atoms with E-state index in [-0.39, 0.29) is 11.9 Å². The molecule has 1 aromatic carbocycles. The fourth-order valence-corrected chi connectivity index (χ4v) is 3.18. The highest BCUT2D eigenvalue weighted by atomic mass is 35.5. The van der Waals surface area contributed by atoms with Crippen LogP contribution in [0.4, 0.5) is 10.2 Å². The second-order valence-electron chi connectivity index (χ2n) is 4.48. The zero-order valence-corrected chi connectivity index (χ0v) is 13.2. The van der Waals surface area contributed by atoms with Crippen LogP contribution in [-0.4, -0.2) is 17.3 Å². The van der Waals surface area contributed by atoms with Gasteiger partial charge in [0.15, 0.2) is 0 Å². The fourth-order valence-electron chi connectivity index (χ4n) is 1.98. The molecule has 0 saturated carbocycles. The number of rotatable bonds is 6.